The minimum atomic E-state index is -3.59. The van der Waals surface area contributed by atoms with E-state index in [1.807, 2.05) is 13.0 Å². The van der Waals surface area contributed by atoms with E-state index in [1.54, 1.807) is 30.3 Å². The maximum absolute atomic E-state index is 12.4. The lowest BCUT2D eigenvalue weighted by molar-refractivity contribution is 0.580. The number of aryl methyl sites for hydroxylation is 1. The number of tetrazole rings is 1. The molecule has 10 heteroatoms. The first-order valence-corrected chi connectivity index (χ1v) is 9.79. The number of hydrogen-bond acceptors (Lipinski definition) is 6. The quantitative estimate of drug-likeness (QED) is 0.706. The molecule has 0 saturated carbocycles. The number of nitrogens with one attached hydrogen (secondary N) is 1. The second-order valence-corrected chi connectivity index (χ2v) is 8.48. The van der Waals surface area contributed by atoms with Gasteiger partial charge in [0.15, 0.2) is 5.82 Å². The lowest BCUT2D eigenvalue weighted by Crippen LogP contribution is -2.24. The average molecular weight is 384 g/mol. The molecule has 0 atom stereocenters. The summed E-state index contributed by atoms with van der Waals surface area (Å²) in [4.78, 5) is 1.02. The van der Waals surface area contributed by atoms with Crippen molar-refractivity contribution in [2.45, 2.75) is 24.1 Å². The van der Waals surface area contributed by atoms with E-state index in [2.05, 4.69) is 20.2 Å². The van der Waals surface area contributed by atoms with Gasteiger partial charge in [0.25, 0.3) is 0 Å². The summed E-state index contributed by atoms with van der Waals surface area (Å²) in [6, 6.07) is 10.4. The lowest BCUT2D eigenvalue weighted by Gasteiger charge is -2.06. The van der Waals surface area contributed by atoms with Crippen molar-refractivity contribution in [2.24, 2.45) is 0 Å². The number of halogens is 1. The van der Waals surface area contributed by atoms with E-state index in [-0.39, 0.29) is 10.8 Å². The molecule has 2 heterocycles. The van der Waals surface area contributed by atoms with Crippen molar-refractivity contribution >= 4 is 33.0 Å². The molecule has 0 spiro atoms. The van der Waals surface area contributed by atoms with Crippen LogP contribution in [0.2, 0.25) is 5.02 Å². The Labute approximate surface area is 148 Å². The zero-order valence-electron chi connectivity index (χ0n) is 12.7. The van der Waals surface area contributed by atoms with Gasteiger partial charge < -0.3 is 0 Å². The third-order valence-electron chi connectivity index (χ3n) is 3.28. The highest BCUT2D eigenvalue weighted by Crippen LogP contribution is 2.22. The van der Waals surface area contributed by atoms with Crippen LogP contribution < -0.4 is 4.72 Å². The Bertz CT molecular complexity index is 934. The Balaban J connectivity index is 1.78. The second kappa shape index (κ2) is 6.98. The summed E-state index contributed by atoms with van der Waals surface area (Å²) in [5, 5.41) is 12.0. The van der Waals surface area contributed by atoms with Crippen LogP contribution in [0, 0.1) is 0 Å². The van der Waals surface area contributed by atoms with Gasteiger partial charge >= 0.3 is 0 Å². The predicted octanol–water partition coefficient (Wildman–Crippen LogP) is 2.42. The van der Waals surface area contributed by atoms with Crippen LogP contribution in [0.15, 0.2) is 40.6 Å². The first-order chi connectivity index (χ1) is 11.5. The Morgan fingerprint density at radius 3 is 2.62 bits per heavy atom. The molecular weight excluding hydrogens is 370 g/mol. The molecule has 0 aliphatic rings. The zero-order chi connectivity index (χ0) is 17.2. The van der Waals surface area contributed by atoms with Gasteiger partial charge in [0.1, 0.15) is 4.21 Å². The van der Waals surface area contributed by atoms with Crippen LogP contribution in [0.3, 0.4) is 0 Å². The van der Waals surface area contributed by atoms with Crippen LogP contribution in [0.5, 0.6) is 0 Å². The molecule has 1 N–H and O–H groups in total. The van der Waals surface area contributed by atoms with Crippen LogP contribution >= 0.6 is 22.9 Å². The fourth-order valence-electron chi connectivity index (χ4n) is 2.02. The highest BCUT2D eigenvalue weighted by atomic mass is 35.5. The minimum Gasteiger partial charge on any atom is -0.206 e. The topological polar surface area (TPSA) is 89.8 Å². The summed E-state index contributed by atoms with van der Waals surface area (Å²) in [6.07, 6.45) is 0.801. The normalized spacial score (nSPS) is 11.8. The first-order valence-electron chi connectivity index (χ1n) is 7.11. The Morgan fingerprint density at radius 1 is 1.21 bits per heavy atom. The van der Waals surface area contributed by atoms with Gasteiger partial charge in [0.2, 0.25) is 10.0 Å². The van der Waals surface area contributed by atoms with E-state index in [0.717, 1.165) is 11.3 Å². The van der Waals surface area contributed by atoms with Gasteiger partial charge in [-0.3, -0.25) is 0 Å². The van der Waals surface area contributed by atoms with Crippen LogP contribution in [0.25, 0.3) is 5.69 Å². The molecule has 24 heavy (non-hydrogen) atoms. The number of thiophene rings is 1. The largest absolute Gasteiger partial charge is 0.250 e. The summed E-state index contributed by atoms with van der Waals surface area (Å²) in [6.45, 7) is 1.97. The number of aromatic nitrogens is 4. The summed E-state index contributed by atoms with van der Waals surface area (Å²) in [5.41, 5.74) is 0.697. The summed E-state index contributed by atoms with van der Waals surface area (Å²) >= 11 is 7.12. The molecule has 2 aromatic heterocycles. The number of sulfonamides is 1. The standard InChI is InChI=1S/C14H14ClN5O2S2/c1-2-12-7-8-14(23-12)24(21,22)16-9-13-17-18-19-20(13)11-5-3-10(15)4-6-11/h3-8,16H,2,9H2,1H3. The number of hydrogen-bond donors (Lipinski definition) is 1. The van der Waals surface area contributed by atoms with E-state index in [0.29, 0.717) is 16.5 Å². The molecule has 0 saturated heterocycles. The molecule has 0 aliphatic heterocycles. The van der Waals surface area contributed by atoms with Crippen LogP contribution in [0.4, 0.5) is 0 Å². The maximum atomic E-state index is 12.4. The van der Waals surface area contributed by atoms with Crippen molar-refractivity contribution in [1.82, 2.24) is 24.9 Å². The van der Waals surface area contributed by atoms with Gasteiger partial charge in [-0.1, -0.05) is 18.5 Å². The summed E-state index contributed by atoms with van der Waals surface area (Å²) in [5.74, 6) is 0.383. The maximum Gasteiger partial charge on any atom is 0.250 e. The average Bonchev–Trinajstić information content (AvgIpc) is 3.23. The van der Waals surface area contributed by atoms with Crippen molar-refractivity contribution in [3.05, 3.63) is 52.1 Å². The van der Waals surface area contributed by atoms with E-state index < -0.39 is 10.0 Å². The third kappa shape index (κ3) is 3.64. The van der Waals surface area contributed by atoms with E-state index in [1.165, 1.54) is 16.0 Å². The molecule has 0 amide bonds. The highest BCUT2D eigenvalue weighted by Gasteiger charge is 2.18. The Morgan fingerprint density at radius 2 is 1.96 bits per heavy atom. The van der Waals surface area contributed by atoms with Gasteiger partial charge in [-0.25, -0.2) is 13.1 Å². The zero-order valence-corrected chi connectivity index (χ0v) is 15.1. The van der Waals surface area contributed by atoms with Crippen LogP contribution in [-0.2, 0) is 23.0 Å². The molecule has 0 unspecified atom stereocenters. The molecule has 126 valence electrons. The molecule has 3 rings (SSSR count). The van der Waals surface area contributed by atoms with Crippen molar-refractivity contribution < 1.29 is 8.42 Å². The number of rotatable bonds is 6. The molecule has 0 bridgehead atoms. The molecule has 1 aromatic carbocycles. The fourth-order valence-corrected chi connectivity index (χ4v) is 4.47. The molecule has 0 fully saturated rings. The van der Waals surface area contributed by atoms with Gasteiger partial charge in [0, 0.05) is 9.90 Å². The third-order valence-corrected chi connectivity index (χ3v) is 6.65. The van der Waals surface area contributed by atoms with Crippen molar-refractivity contribution in [1.29, 1.82) is 0 Å². The SMILES string of the molecule is CCc1ccc(S(=O)(=O)NCc2nnnn2-c2ccc(Cl)cc2)s1. The van der Waals surface area contributed by atoms with E-state index in [4.69, 9.17) is 11.6 Å². The minimum absolute atomic E-state index is 0.0165. The number of nitrogens with zero attached hydrogens (tertiary/aromatic N) is 4. The van der Waals surface area contributed by atoms with Gasteiger partial charge in [-0.15, -0.1) is 16.4 Å². The van der Waals surface area contributed by atoms with Gasteiger partial charge in [-0.2, -0.15) is 4.68 Å². The first kappa shape index (κ1) is 17.0. The van der Waals surface area contributed by atoms with E-state index >= 15 is 0 Å². The summed E-state index contributed by atoms with van der Waals surface area (Å²) in [7, 11) is -3.59. The van der Waals surface area contributed by atoms with Gasteiger partial charge in [-0.05, 0) is 53.2 Å². The monoisotopic (exact) mass is 383 g/mol. The predicted molar refractivity (Wildman–Crippen MR) is 91.9 cm³/mol. The fraction of sp³-hybridized carbons (Fsp3) is 0.214. The molecule has 3 aromatic rings. The Hall–Kier alpha value is -1.81. The van der Waals surface area contributed by atoms with Gasteiger partial charge in [0.05, 0.1) is 12.2 Å². The van der Waals surface area contributed by atoms with E-state index in [9.17, 15) is 8.42 Å². The van der Waals surface area contributed by atoms with Crippen molar-refractivity contribution in [3.8, 4) is 5.69 Å². The highest BCUT2D eigenvalue weighted by molar-refractivity contribution is 7.91. The molecule has 0 aliphatic carbocycles. The lowest BCUT2D eigenvalue weighted by atomic mass is 10.3. The molecule has 0 radical (unpaired) electrons. The smallest absolute Gasteiger partial charge is 0.206 e. The summed E-state index contributed by atoms with van der Waals surface area (Å²) < 4.78 is 29.0. The molecular formula is C14H14ClN5O2S2. The second-order valence-electron chi connectivity index (χ2n) is 4.88. The van der Waals surface area contributed by atoms with Crippen molar-refractivity contribution in [2.75, 3.05) is 0 Å². The van der Waals surface area contributed by atoms with Crippen LogP contribution in [0.1, 0.15) is 17.6 Å². The molecule has 7 nitrogen and oxygen atoms in total. The van der Waals surface area contributed by atoms with Crippen molar-refractivity contribution in [3.63, 3.8) is 0 Å². The van der Waals surface area contributed by atoms with Crippen LogP contribution in [-0.4, -0.2) is 28.6 Å². The number of benzene rings is 1. The Kier molecular flexibility index (Phi) is 4.95.